The van der Waals surface area contributed by atoms with Gasteiger partial charge in [0.25, 0.3) is 5.78 Å². The number of aromatic nitrogens is 5. The molecule has 4 aromatic rings. The van der Waals surface area contributed by atoms with E-state index < -0.39 is 11.6 Å². The van der Waals surface area contributed by atoms with Crippen molar-refractivity contribution in [1.29, 1.82) is 0 Å². The van der Waals surface area contributed by atoms with Crippen LogP contribution in [0.3, 0.4) is 0 Å². The van der Waals surface area contributed by atoms with Crippen molar-refractivity contribution in [2.24, 2.45) is 0 Å². The molecule has 0 amide bonds. The van der Waals surface area contributed by atoms with E-state index in [0.717, 1.165) is 25.5 Å². The summed E-state index contributed by atoms with van der Waals surface area (Å²) in [6.07, 6.45) is 3.43. The maximum absolute atomic E-state index is 14.1. The number of nitrogens with zero attached hydrogens (tertiary/aromatic N) is 6. The highest BCUT2D eigenvalue weighted by Crippen LogP contribution is 2.23. The average molecular weight is 426 g/mol. The molecule has 9 nitrogen and oxygen atoms in total. The van der Waals surface area contributed by atoms with Crippen molar-refractivity contribution in [2.75, 3.05) is 24.1 Å². The van der Waals surface area contributed by atoms with Gasteiger partial charge in [-0.3, -0.25) is 4.90 Å². The molecule has 1 saturated heterocycles. The van der Waals surface area contributed by atoms with Crippen LogP contribution in [-0.4, -0.2) is 48.6 Å². The van der Waals surface area contributed by atoms with Crippen molar-refractivity contribution in [1.82, 2.24) is 29.5 Å². The van der Waals surface area contributed by atoms with Crippen LogP contribution in [-0.2, 0) is 6.54 Å². The zero-order valence-electron chi connectivity index (χ0n) is 16.5. The van der Waals surface area contributed by atoms with E-state index in [1.54, 1.807) is 18.2 Å². The number of fused-ring (bicyclic) bond motifs is 1. The number of hydrogen-bond acceptors (Lipinski definition) is 8. The van der Waals surface area contributed by atoms with Crippen molar-refractivity contribution in [2.45, 2.75) is 25.4 Å². The highest BCUT2D eigenvalue weighted by molar-refractivity contribution is 5.52. The third kappa shape index (κ3) is 3.79. The third-order valence-corrected chi connectivity index (χ3v) is 5.37. The summed E-state index contributed by atoms with van der Waals surface area (Å²) >= 11 is 0. The van der Waals surface area contributed by atoms with Crippen LogP contribution in [0.4, 0.5) is 20.7 Å². The number of nitrogen functional groups attached to an aromatic ring is 1. The minimum Gasteiger partial charge on any atom is -0.461 e. The molecule has 0 spiro atoms. The zero-order valence-corrected chi connectivity index (χ0v) is 16.5. The van der Waals surface area contributed by atoms with Crippen LogP contribution in [0.1, 0.15) is 18.4 Å². The first-order valence-electron chi connectivity index (χ1n) is 9.93. The van der Waals surface area contributed by atoms with Crippen LogP contribution in [0.5, 0.6) is 0 Å². The van der Waals surface area contributed by atoms with E-state index in [1.165, 1.54) is 16.8 Å². The van der Waals surface area contributed by atoms with Gasteiger partial charge in [-0.15, -0.1) is 5.10 Å². The number of rotatable bonds is 6. The summed E-state index contributed by atoms with van der Waals surface area (Å²) in [6.45, 7) is 1.68. The van der Waals surface area contributed by atoms with Crippen LogP contribution < -0.4 is 11.1 Å². The lowest BCUT2D eigenvalue weighted by molar-refractivity contribution is 0.249. The molecule has 0 aliphatic carbocycles. The SMILES string of the molecule is Nc1nc(NC[C@H]2CCCN2Cc2cccc(F)c2F)nc2nc(-c3ccco3)nn12. The molecule has 0 unspecified atom stereocenters. The maximum Gasteiger partial charge on any atom is 0.259 e. The summed E-state index contributed by atoms with van der Waals surface area (Å²) in [4.78, 5) is 15.1. The summed E-state index contributed by atoms with van der Waals surface area (Å²) in [5, 5.41) is 7.46. The fourth-order valence-corrected chi connectivity index (χ4v) is 3.83. The first kappa shape index (κ1) is 19.4. The average Bonchev–Trinajstić information content (AvgIpc) is 3.50. The normalized spacial score (nSPS) is 16.9. The van der Waals surface area contributed by atoms with Gasteiger partial charge >= 0.3 is 0 Å². The summed E-state index contributed by atoms with van der Waals surface area (Å²) < 4.78 is 34.2. The standard InChI is InChI=1S/C20H20F2N8O/c21-14-6-1-4-12(16(14)22)11-29-8-2-5-13(29)10-24-19-26-18(23)30-20(27-19)25-17(28-30)15-7-3-9-31-15/h1,3-4,6-7,9,13H,2,5,8,10-11H2,(H3,23,24,25,26,27,28)/t13-/m1/s1. The number of nitrogens with two attached hydrogens (primary N) is 1. The fraction of sp³-hybridized carbons (Fsp3) is 0.300. The molecule has 160 valence electrons. The van der Waals surface area contributed by atoms with E-state index in [9.17, 15) is 8.78 Å². The van der Waals surface area contributed by atoms with Gasteiger partial charge in [-0.2, -0.15) is 19.5 Å². The van der Waals surface area contributed by atoms with Gasteiger partial charge < -0.3 is 15.5 Å². The van der Waals surface area contributed by atoms with Crippen molar-refractivity contribution in [3.05, 3.63) is 53.8 Å². The number of likely N-dealkylation sites (tertiary alicyclic amines) is 1. The van der Waals surface area contributed by atoms with Gasteiger partial charge in [-0.25, -0.2) is 8.78 Å². The maximum atomic E-state index is 14.1. The summed E-state index contributed by atoms with van der Waals surface area (Å²) in [5.74, 6) is 0.0158. The smallest absolute Gasteiger partial charge is 0.259 e. The second-order valence-corrected chi connectivity index (χ2v) is 7.39. The van der Waals surface area contributed by atoms with E-state index in [2.05, 4.69) is 30.3 Å². The predicted molar refractivity (Wildman–Crippen MR) is 109 cm³/mol. The molecule has 1 atom stereocenters. The van der Waals surface area contributed by atoms with Crippen LogP contribution in [0.25, 0.3) is 17.4 Å². The molecule has 4 heterocycles. The molecule has 5 rings (SSSR count). The van der Waals surface area contributed by atoms with Crippen LogP contribution in [0.15, 0.2) is 41.0 Å². The zero-order chi connectivity index (χ0) is 21.4. The van der Waals surface area contributed by atoms with Gasteiger partial charge in [0, 0.05) is 24.7 Å². The molecular formula is C20H20F2N8O. The Balaban J connectivity index is 1.30. The number of hydrogen-bond donors (Lipinski definition) is 2. The Morgan fingerprint density at radius 2 is 2.06 bits per heavy atom. The Morgan fingerprint density at radius 1 is 1.16 bits per heavy atom. The lowest BCUT2D eigenvalue weighted by atomic mass is 10.1. The van der Waals surface area contributed by atoms with E-state index in [4.69, 9.17) is 10.2 Å². The van der Waals surface area contributed by atoms with Crippen molar-refractivity contribution in [3.8, 4) is 11.6 Å². The predicted octanol–water partition coefficient (Wildman–Crippen LogP) is 2.72. The monoisotopic (exact) mass is 426 g/mol. The first-order chi connectivity index (χ1) is 15.1. The Morgan fingerprint density at radius 3 is 2.90 bits per heavy atom. The molecule has 11 heteroatoms. The largest absolute Gasteiger partial charge is 0.461 e. The number of anilines is 2. The molecule has 1 aromatic carbocycles. The molecule has 3 N–H and O–H groups in total. The van der Waals surface area contributed by atoms with Crippen LogP contribution in [0, 0.1) is 11.6 Å². The second kappa shape index (κ2) is 7.91. The Hall–Kier alpha value is -3.60. The van der Waals surface area contributed by atoms with Crippen molar-refractivity contribution < 1.29 is 13.2 Å². The fourth-order valence-electron chi connectivity index (χ4n) is 3.83. The molecule has 3 aromatic heterocycles. The van der Waals surface area contributed by atoms with Crippen molar-refractivity contribution >= 4 is 17.7 Å². The molecule has 0 radical (unpaired) electrons. The number of halogens is 2. The summed E-state index contributed by atoms with van der Waals surface area (Å²) in [7, 11) is 0. The summed E-state index contributed by atoms with van der Waals surface area (Å²) in [5.41, 5.74) is 6.37. The number of nitrogens with one attached hydrogen (secondary N) is 1. The highest BCUT2D eigenvalue weighted by Gasteiger charge is 2.26. The molecular weight excluding hydrogens is 406 g/mol. The van der Waals surface area contributed by atoms with Gasteiger partial charge in [0.15, 0.2) is 17.4 Å². The molecule has 1 aliphatic heterocycles. The molecule has 1 fully saturated rings. The van der Waals surface area contributed by atoms with Crippen LogP contribution >= 0.6 is 0 Å². The van der Waals surface area contributed by atoms with Gasteiger partial charge in [0.1, 0.15) is 0 Å². The summed E-state index contributed by atoms with van der Waals surface area (Å²) in [6, 6.07) is 7.88. The number of furan rings is 1. The van der Waals surface area contributed by atoms with E-state index in [1.807, 2.05) is 0 Å². The van der Waals surface area contributed by atoms with E-state index >= 15 is 0 Å². The lowest BCUT2D eigenvalue weighted by Gasteiger charge is -2.25. The molecule has 0 bridgehead atoms. The first-order valence-corrected chi connectivity index (χ1v) is 9.93. The minimum absolute atomic E-state index is 0.125. The van der Waals surface area contributed by atoms with Crippen LogP contribution in [0.2, 0.25) is 0 Å². The molecule has 31 heavy (non-hydrogen) atoms. The van der Waals surface area contributed by atoms with Gasteiger partial charge in [0.05, 0.1) is 6.26 Å². The second-order valence-electron chi connectivity index (χ2n) is 7.39. The highest BCUT2D eigenvalue weighted by atomic mass is 19.2. The van der Waals surface area contributed by atoms with Gasteiger partial charge in [0.2, 0.25) is 17.7 Å². The minimum atomic E-state index is -0.828. The number of benzene rings is 1. The Kier molecular flexibility index (Phi) is 4.94. The third-order valence-electron chi connectivity index (χ3n) is 5.37. The lowest BCUT2D eigenvalue weighted by Crippen LogP contribution is -2.35. The van der Waals surface area contributed by atoms with Crippen molar-refractivity contribution in [3.63, 3.8) is 0 Å². The Labute approximate surface area is 175 Å². The quantitative estimate of drug-likeness (QED) is 0.484. The Bertz CT molecular complexity index is 1210. The van der Waals surface area contributed by atoms with Gasteiger partial charge in [-0.05, 0) is 37.6 Å². The topological polar surface area (TPSA) is 110 Å². The van der Waals surface area contributed by atoms with E-state index in [0.29, 0.717) is 42.0 Å². The van der Waals surface area contributed by atoms with Gasteiger partial charge in [-0.1, -0.05) is 12.1 Å². The molecule has 0 saturated carbocycles. The molecule has 1 aliphatic rings. The van der Waals surface area contributed by atoms with E-state index in [-0.39, 0.29) is 12.0 Å².